The molecule has 0 N–H and O–H groups in total. The molecular formula is C23H40O9P2. The zero-order valence-electron chi connectivity index (χ0n) is 22.1. The van der Waals surface area contributed by atoms with Crippen LogP contribution in [-0.4, -0.2) is 45.7 Å². The molecule has 0 aliphatic rings. The van der Waals surface area contributed by atoms with Crippen LogP contribution in [0.1, 0.15) is 61.0 Å². The first-order valence-electron chi connectivity index (χ1n) is 11.2. The van der Waals surface area contributed by atoms with Gasteiger partial charge in [0.2, 0.25) is 5.75 Å². The third-order valence-electron chi connectivity index (χ3n) is 3.94. The van der Waals surface area contributed by atoms with E-state index in [1.54, 1.807) is 67.5 Å². The fourth-order valence-electron chi connectivity index (χ4n) is 3.02. The van der Waals surface area contributed by atoms with Crippen molar-refractivity contribution in [3.05, 3.63) is 22.8 Å². The Labute approximate surface area is 204 Å². The second kappa shape index (κ2) is 13.1. The first-order chi connectivity index (χ1) is 15.7. The maximum absolute atomic E-state index is 14.2. The van der Waals surface area contributed by atoms with Crippen molar-refractivity contribution in [2.24, 2.45) is 0 Å². The van der Waals surface area contributed by atoms with Gasteiger partial charge in [-0.25, -0.2) is 0 Å². The van der Waals surface area contributed by atoms with Crippen molar-refractivity contribution in [3.8, 4) is 17.2 Å². The smallest absolute Gasteiger partial charge is 0.370 e. The second-order valence-electron chi connectivity index (χ2n) is 8.57. The first-order valence-corrected chi connectivity index (χ1v) is 14.3. The Morgan fingerprint density at radius 1 is 0.647 bits per heavy atom. The van der Waals surface area contributed by atoms with Crippen LogP contribution in [0.3, 0.4) is 0 Å². The van der Waals surface area contributed by atoms with E-state index in [9.17, 15) is 9.13 Å². The number of rotatable bonds is 14. The molecule has 0 spiro atoms. The Kier molecular flexibility index (Phi) is 11.8. The zero-order valence-corrected chi connectivity index (χ0v) is 23.9. The van der Waals surface area contributed by atoms with E-state index in [2.05, 4.69) is 0 Å². The quantitative estimate of drug-likeness (QED) is 0.237. The molecule has 34 heavy (non-hydrogen) atoms. The van der Waals surface area contributed by atoms with E-state index in [1.165, 1.54) is 27.4 Å². The Morgan fingerprint density at radius 2 is 0.971 bits per heavy atom. The Morgan fingerprint density at radius 3 is 1.21 bits per heavy atom. The molecule has 0 unspecified atom stereocenters. The lowest BCUT2D eigenvalue weighted by Gasteiger charge is -2.30. The molecule has 0 radical (unpaired) electrons. The summed E-state index contributed by atoms with van der Waals surface area (Å²) in [5, 5.41) is -0.209. The predicted octanol–water partition coefficient (Wildman–Crippen LogP) is 7.10. The van der Waals surface area contributed by atoms with Crippen molar-refractivity contribution >= 4 is 21.3 Å². The van der Waals surface area contributed by atoms with Crippen molar-refractivity contribution in [3.63, 3.8) is 0 Å². The summed E-state index contributed by atoms with van der Waals surface area (Å²) in [5.41, 5.74) is 0.448. The average Bonchev–Trinajstić information content (AvgIpc) is 2.68. The van der Waals surface area contributed by atoms with E-state index in [4.69, 9.17) is 32.3 Å². The molecule has 0 amide bonds. The summed E-state index contributed by atoms with van der Waals surface area (Å²) in [5.74, 6) is 1.10. The SMILES string of the molecule is COc1cc(C=C(P(=O)(OC(C)C)OC(C)C)P(=O)(OC(C)C)OC(C)C)cc(OC)c1OC. The molecule has 0 aromatic heterocycles. The highest BCUT2D eigenvalue weighted by molar-refractivity contribution is 7.79. The second-order valence-corrected chi connectivity index (χ2v) is 12.7. The summed E-state index contributed by atoms with van der Waals surface area (Å²) in [6, 6.07) is 3.26. The highest BCUT2D eigenvalue weighted by Crippen LogP contribution is 2.75. The number of benzene rings is 1. The van der Waals surface area contributed by atoms with Gasteiger partial charge in [0.1, 0.15) is 0 Å². The number of hydrogen-bond donors (Lipinski definition) is 0. The molecule has 0 aliphatic heterocycles. The summed E-state index contributed by atoms with van der Waals surface area (Å²) >= 11 is 0. The molecule has 0 aliphatic carbocycles. The highest BCUT2D eigenvalue weighted by atomic mass is 31.2. The van der Waals surface area contributed by atoms with Crippen LogP contribution in [0.15, 0.2) is 17.2 Å². The van der Waals surface area contributed by atoms with E-state index < -0.39 is 39.6 Å². The van der Waals surface area contributed by atoms with E-state index in [0.29, 0.717) is 22.8 Å². The van der Waals surface area contributed by atoms with Crippen LogP contribution in [-0.2, 0) is 27.2 Å². The van der Waals surface area contributed by atoms with Gasteiger partial charge in [-0.2, -0.15) is 0 Å². The third-order valence-corrected chi connectivity index (χ3v) is 9.59. The van der Waals surface area contributed by atoms with E-state index in [-0.39, 0.29) is 5.06 Å². The first kappa shape index (κ1) is 30.7. The van der Waals surface area contributed by atoms with E-state index >= 15 is 0 Å². The summed E-state index contributed by atoms with van der Waals surface area (Å²) < 4.78 is 67.9. The number of ether oxygens (including phenoxy) is 3. The molecular weight excluding hydrogens is 482 g/mol. The molecule has 0 saturated carbocycles. The summed E-state index contributed by atoms with van der Waals surface area (Å²) in [6.45, 7) is 13.7. The summed E-state index contributed by atoms with van der Waals surface area (Å²) in [7, 11) is -3.89. The predicted molar refractivity (Wildman–Crippen MR) is 134 cm³/mol. The van der Waals surface area contributed by atoms with Gasteiger partial charge in [0.05, 0.1) is 45.7 Å². The van der Waals surface area contributed by atoms with E-state index in [0.717, 1.165) is 0 Å². The Bertz CT molecular complexity index is 830. The van der Waals surface area contributed by atoms with Crippen LogP contribution >= 0.6 is 15.2 Å². The molecule has 0 atom stereocenters. The van der Waals surface area contributed by atoms with Gasteiger partial charge in [0, 0.05) is 0 Å². The topological polar surface area (TPSA) is 98.8 Å². The fourth-order valence-corrected chi connectivity index (χ4v) is 8.15. The molecule has 1 aromatic rings. The summed E-state index contributed by atoms with van der Waals surface area (Å²) in [4.78, 5) is 0. The van der Waals surface area contributed by atoms with Crippen molar-refractivity contribution in [2.45, 2.75) is 79.8 Å². The molecule has 1 rings (SSSR count). The Balaban J connectivity index is 4.02. The molecule has 0 fully saturated rings. The molecule has 11 heteroatoms. The van der Waals surface area contributed by atoms with Crippen LogP contribution in [0.4, 0.5) is 0 Å². The maximum Gasteiger partial charge on any atom is 0.370 e. The van der Waals surface area contributed by atoms with Crippen LogP contribution in [0, 0.1) is 0 Å². The van der Waals surface area contributed by atoms with E-state index in [1.807, 2.05) is 0 Å². The average molecular weight is 523 g/mol. The fraction of sp³-hybridized carbons (Fsp3) is 0.652. The monoisotopic (exact) mass is 522 g/mol. The molecule has 0 heterocycles. The zero-order chi connectivity index (χ0) is 26.3. The summed E-state index contributed by atoms with van der Waals surface area (Å²) in [6.07, 6.45) is -0.570. The van der Waals surface area contributed by atoms with Gasteiger partial charge in [0.25, 0.3) is 0 Å². The molecule has 0 saturated heterocycles. The van der Waals surface area contributed by atoms with Crippen molar-refractivity contribution in [1.29, 1.82) is 0 Å². The van der Waals surface area contributed by atoms with Crippen LogP contribution in [0.5, 0.6) is 17.2 Å². The van der Waals surface area contributed by atoms with Crippen LogP contribution in [0.2, 0.25) is 0 Å². The largest absolute Gasteiger partial charge is 0.493 e. The van der Waals surface area contributed by atoms with Gasteiger partial charge in [-0.3, -0.25) is 9.13 Å². The minimum absolute atomic E-state index is 0.209. The van der Waals surface area contributed by atoms with Gasteiger partial charge in [-0.05, 0) is 79.2 Å². The van der Waals surface area contributed by atoms with Gasteiger partial charge < -0.3 is 32.3 Å². The Hall–Kier alpha value is -1.34. The van der Waals surface area contributed by atoms with Gasteiger partial charge >= 0.3 is 15.2 Å². The van der Waals surface area contributed by atoms with Crippen molar-refractivity contribution < 1.29 is 41.4 Å². The molecule has 196 valence electrons. The highest BCUT2D eigenvalue weighted by Gasteiger charge is 2.48. The number of methoxy groups -OCH3 is 3. The minimum atomic E-state index is -4.17. The van der Waals surface area contributed by atoms with Crippen LogP contribution < -0.4 is 14.2 Å². The molecule has 0 bridgehead atoms. The maximum atomic E-state index is 14.2. The lowest BCUT2D eigenvalue weighted by Crippen LogP contribution is -2.14. The van der Waals surface area contributed by atoms with Crippen molar-refractivity contribution in [1.82, 2.24) is 0 Å². The third kappa shape index (κ3) is 8.40. The number of hydrogen-bond acceptors (Lipinski definition) is 9. The lowest BCUT2D eigenvalue weighted by molar-refractivity contribution is 0.138. The lowest BCUT2D eigenvalue weighted by atomic mass is 10.2. The molecule has 9 nitrogen and oxygen atoms in total. The normalized spacial score (nSPS) is 12.6. The van der Waals surface area contributed by atoms with Gasteiger partial charge in [-0.1, -0.05) is 0 Å². The minimum Gasteiger partial charge on any atom is -0.493 e. The molecule has 1 aromatic carbocycles. The van der Waals surface area contributed by atoms with Crippen molar-refractivity contribution in [2.75, 3.05) is 21.3 Å². The van der Waals surface area contributed by atoms with Crippen LogP contribution in [0.25, 0.3) is 6.08 Å². The van der Waals surface area contributed by atoms with Gasteiger partial charge in [0.15, 0.2) is 16.6 Å². The standard InChI is InChI=1S/C23H40O9P2/c1-15(2)29-33(24,30-16(3)4)22(34(25,31-17(5)6)32-18(7)8)14-19-12-20(26-9)23(28-11)21(13-19)27-10/h12-18H,1-11H3. The van der Waals surface area contributed by atoms with Gasteiger partial charge in [-0.15, -0.1) is 0 Å².